The summed E-state index contributed by atoms with van der Waals surface area (Å²) in [7, 11) is 1.61. The van der Waals surface area contributed by atoms with E-state index in [1.165, 1.54) is 0 Å². The first-order valence-corrected chi connectivity index (χ1v) is 10.7. The highest BCUT2D eigenvalue weighted by atomic mass is 16.5. The van der Waals surface area contributed by atoms with Gasteiger partial charge in [-0.2, -0.15) is 0 Å². The van der Waals surface area contributed by atoms with Gasteiger partial charge < -0.3 is 20.3 Å². The number of hydrogen-bond acceptors (Lipinski definition) is 4. The van der Waals surface area contributed by atoms with Gasteiger partial charge in [0, 0.05) is 44.5 Å². The Morgan fingerprint density at radius 2 is 1.90 bits per heavy atom. The van der Waals surface area contributed by atoms with Gasteiger partial charge in [-0.05, 0) is 48.8 Å². The van der Waals surface area contributed by atoms with Crippen molar-refractivity contribution in [1.29, 1.82) is 0 Å². The maximum atomic E-state index is 12.8. The van der Waals surface area contributed by atoms with E-state index >= 15 is 0 Å². The maximum absolute atomic E-state index is 12.8. The Balaban J connectivity index is 2.11. The molecule has 0 aromatic heterocycles. The predicted molar refractivity (Wildman–Crippen MR) is 119 cm³/mol. The number of anilines is 2. The Labute approximate surface area is 175 Å². The Kier molecular flexibility index (Phi) is 8.50. The third-order valence-electron chi connectivity index (χ3n) is 5.06. The molecular formula is C23H37N3O3. The quantitative estimate of drug-likeness (QED) is 0.610. The van der Waals surface area contributed by atoms with Crippen LogP contribution in [0, 0.1) is 11.3 Å². The van der Waals surface area contributed by atoms with E-state index in [-0.39, 0.29) is 17.2 Å². The monoisotopic (exact) mass is 403 g/mol. The van der Waals surface area contributed by atoms with Crippen molar-refractivity contribution < 1.29 is 14.3 Å². The summed E-state index contributed by atoms with van der Waals surface area (Å²) in [6.07, 6.45) is 3.73. The standard InChI is InChI=1S/C23H37N3O3/c1-17(16-23(2,3)4)14-21(27)25-18-8-9-20(26-11-6-7-12-26)19(15-18)22(28)24-10-13-29-5/h8-9,15,17H,6-7,10-14,16H2,1-5H3,(H,24,28)(H,25,27)/t17-/m0/s1. The second-order valence-corrected chi connectivity index (χ2v) is 9.30. The molecule has 2 N–H and O–H groups in total. The van der Waals surface area contributed by atoms with Gasteiger partial charge in [0.15, 0.2) is 0 Å². The molecule has 1 fully saturated rings. The van der Waals surface area contributed by atoms with Crippen molar-refractivity contribution in [3.63, 3.8) is 0 Å². The van der Waals surface area contributed by atoms with Crippen molar-refractivity contribution in [2.24, 2.45) is 11.3 Å². The lowest BCUT2D eigenvalue weighted by Crippen LogP contribution is -2.30. The van der Waals surface area contributed by atoms with Crippen LogP contribution < -0.4 is 15.5 Å². The van der Waals surface area contributed by atoms with Crippen LogP contribution in [0.15, 0.2) is 18.2 Å². The van der Waals surface area contributed by atoms with E-state index in [1.807, 2.05) is 12.1 Å². The van der Waals surface area contributed by atoms with Crippen molar-refractivity contribution in [1.82, 2.24) is 5.32 Å². The summed E-state index contributed by atoms with van der Waals surface area (Å²) >= 11 is 0. The Bertz CT molecular complexity index is 691. The minimum Gasteiger partial charge on any atom is -0.383 e. The van der Waals surface area contributed by atoms with Crippen LogP contribution in [0.2, 0.25) is 0 Å². The number of ether oxygens (including phenoxy) is 1. The fourth-order valence-electron chi connectivity index (χ4n) is 4.04. The molecule has 6 heteroatoms. The van der Waals surface area contributed by atoms with Gasteiger partial charge in [0.05, 0.1) is 12.2 Å². The predicted octanol–water partition coefficient (Wildman–Crippen LogP) is 4.06. The van der Waals surface area contributed by atoms with Gasteiger partial charge in [-0.15, -0.1) is 0 Å². The van der Waals surface area contributed by atoms with Crippen molar-refractivity contribution in [3.05, 3.63) is 23.8 Å². The molecule has 0 saturated carbocycles. The van der Waals surface area contributed by atoms with Crippen LogP contribution >= 0.6 is 0 Å². The van der Waals surface area contributed by atoms with Crippen LogP contribution in [0.4, 0.5) is 11.4 Å². The number of carbonyl (C=O) groups is 2. The summed E-state index contributed by atoms with van der Waals surface area (Å²) in [4.78, 5) is 27.5. The van der Waals surface area contributed by atoms with E-state index in [2.05, 4.69) is 43.2 Å². The molecule has 1 saturated heterocycles. The van der Waals surface area contributed by atoms with E-state index in [9.17, 15) is 9.59 Å². The van der Waals surface area contributed by atoms with Crippen molar-refractivity contribution in [2.45, 2.75) is 53.4 Å². The van der Waals surface area contributed by atoms with Gasteiger partial charge in [-0.25, -0.2) is 0 Å². The molecule has 0 bridgehead atoms. The highest BCUT2D eigenvalue weighted by molar-refractivity contribution is 6.02. The average Bonchev–Trinajstić information content (AvgIpc) is 3.14. The molecule has 1 heterocycles. The summed E-state index contributed by atoms with van der Waals surface area (Å²) in [5.74, 6) is 0.151. The molecule has 29 heavy (non-hydrogen) atoms. The number of hydrogen-bond donors (Lipinski definition) is 2. The number of nitrogens with zero attached hydrogens (tertiary/aromatic N) is 1. The summed E-state index contributed by atoms with van der Waals surface area (Å²) in [5.41, 5.74) is 2.39. The second kappa shape index (κ2) is 10.6. The van der Waals surface area contributed by atoms with Gasteiger partial charge in [0.1, 0.15) is 0 Å². The lowest BCUT2D eigenvalue weighted by atomic mass is 9.84. The van der Waals surface area contributed by atoms with E-state index in [0.717, 1.165) is 38.0 Å². The molecule has 1 atom stereocenters. The average molecular weight is 404 g/mol. The lowest BCUT2D eigenvalue weighted by Gasteiger charge is -2.23. The molecule has 0 spiro atoms. The molecule has 162 valence electrons. The molecule has 1 aromatic carbocycles. The fourth-order valence-corrected chi connectivity index (χ4v) is 4.04. The molecule has 1 aromatic rings. The van der Waals surface area contributed by atoms with Crippen molar-refractivity contribution in [2.75, 3.05) is 43.6 Å². The second-order valence-electron chi connectivity index (χ2n) is 9.30. The van der Waals surface area contributed by atoms with Crippen molar-refractivity contribution in [3.8, 4) is 0 Å². The third-order valence-corrected chi connectivity index (χ3v) is 5.06. The van der Waals surface area contributed by atoms with Crippen LogP contribution in [0.25, 0.3) is 0 Å². The number of nitrogens with one attached hydrogen (secondary N) is 2. The van der Waals surface area contributed by atoms with Crippen LogP contribution in [-0.2, 0) is 9.53 Å². The normalized spacial score (nSPS) is 15.3. The SMILES string of the molecule is COCCNC(=O)c1cc(NC(=O)C[C@H](C)CC(C)(C)C)ccc1N1CCCC1. The molecule has 1 aliphatic rings. The highest BCUT2D eigenvalue weighted by Crippen LogP contribution is 2.29. The van der Waals surface area contributed by atoms with Crippen LogP contribution in [0.5, 0.6) is 0 Å². The molecule has 0 radical (unpaired) electrons. The van der Waals surface area contributed by atoms with E-state index in [0.29, 0.717) is 36.7 Å². The Morgan fingerprint density at radius 1 is 1.21 bits per heavy atom. The summed E-state index contributed by atoms with van der Waals surface area (Å²) in [6.45, 7) is 11.5. The van der Waals surface area contributed by atoms with Gasteiger partial charge in [-0.3, -0.25) is 9.59 Å². The van der Waals surface area contributed by atoms with Crippen LogP contribution in [-0.4, -0.2) is 45.2 Å². The van der Waals surface area contributed by atoms with Crippen LogP contribution in [0.1, 0.15) is 63.7 Å². The molecule has 2 amide bonds. The van der Waals surface area contributed by atoms with Gasteiger partial charge >= 0.3 is 0 Å². The molecule has 0 unspecified atom stereocenters. The first-order chi connectivity index (χ1) is 13.7. The number of methoxy groups -OCH3 is 1. The summed E-state index contributed by atoms with van der Waals surface area (Å²) < 4.78 is 5.02. The number of amides is 2. The molecule has 2 rings (SSSR count). The van der Waals surface area contributed by atoms with Gasteiger partial charge in [0.2, 0.25) is 5.91 Å². The molecule has 6 nitrogen and oxygen atoms in total. The topological polar surface area (TPSA) is 70.7 Å². The zero-order valence-electron chi connectivity index (χ0n) is 18.6. The first kappa shape index (κ1) is 23.2. The molecular weight excluding hydrogens is 366 g/mol. The van der Waals surface area contributed by atoms with E-state index < -0.39 is 0 Å². The molecule has 1 aliphatic heterocycles. The maximum Gasteiger partial charge on any atom is 0.253 e. The number of carbonyl (C=O) groups excluding carboxylic acids is 2. The third kappa shape index (κ3) is 7.69. The zero-order valence-corrected chi connectivity index (χ0v) is 18.6. The van der Waals surface area contributed by atoms with E-state index in [4.69, 9.17) is 4.74 Å². The lowest BCUT2D eigenvalue weighted by molar-refractivity contribution is -0.117. The Morgan fingerprint density at radius 3 is 2.52 bits per heavy atom. The Hall–Kier alpha value is -2.08. The number of rotatable bonds is 9. The van der Waals surface area contributed by atoms with Gasteiger partial charge in [0.25, 0.3) is 5.91 Å². The van der Waals surface area contributed by atoms with Crippen molar-refractivity contribution >= 4 is 23.2 Å². The fraction of sp³-hybridized carbons (Fsp3) is 0.652. The summed E-state index contributed by atoms with van der Waals surface area (Å²) in [5, 5.41) is 5.88. The van der Waals surface area contributed by atoms with Gasteiger partial charge in [-0.1, -0.05) is 27.7 Å². The van der Waals surface area contributed by atoms with Crippen LogP contribution in [0.3, 0.4) is 0 Å². The largest absolute Gasteiger partial charge is 0.383 e. The number of benzene rings is 1. The minimum absolute atomic E-state index is 0.0126. The first-order valence-electron chi connectivity index (χ1n) is 10.7. The zero-order chi connectivity index (χ0) is 21.4. The smallest absolute Gasteiger partial charge is 0.253 e. The highest BCUT2D eigenvalue weighted by Gasteiger charge is 2.21. The van der Waals surface area contributed by atoms with E-state index in [1.54, 1.807) is 13.2 Å². The minimum atomic E-state index is -0.138. The molecule has 0 aliphatic carbocycles. The summed E-state index contributed by atoms with van der Waals surface area (Å²) in [6, 6.07) is 5.64.